The quantitative estimate of drug-likeness (QED) is 0.603. The van der Waals surface area contributed by atoms with Gasteiger partial charge in [-0.3, -0.25) is 19.7 Å². The van der Waals surface area contributed by atoms with Crippen molar-refractivity contribution in [2.45, 2.75) is 19.8 Å². The van der Waals surface area contributed by atoms with Crippen molar-refractivity contribution in [2.24, 2.45) is 11.8 Å². The van der Waals surface area contributed by atoms with Crippen LogP contribution in [0.4, 0.5) is 5.69 Å². The van der Waals surface area contributed by atoms with Crippen LogP contribution in [0.15, 0.2) is 18.2 Å². The topological polar surface area (TPSA) is 119 Å². The molecular formula is C16H20N2O6. The summed E-state index contributed by atoms with van der Waals surface area (Å²) in [5.74, 6) is -2.43. The Morgan fingerprint density at radius 2 is 2.08 bits per heavy atom. The van der Waals surface area contributed by atoms with E-state index in [1.54, 1.807) is 13.0 Å². The van der Waals surface area contributed by atoms with E-state index in [0.717, 1.165) is 0 Å². The van der Waals surface area contributed by atoms with Crippen molar-refractivity contribution < 1.29 is 24.4 Å². The second kappa shape index (κ2) is 7.87. The lowest BCUT2D eigenvalue weighted by atomic mass is 9.86. The van der Waals surface area contributed by atoms with E-state index in [1.807, 2.05) is 0 Å². The zero-order valence-corrected chi connectivity index (χ0v) is 13.4. The van der Waals surface area contributed by atoms with Crippen LogP contribution in [0.2, 0.25) is 0 Å². The molecule has 1 atom stereocenters. The Labute approximate surface area is 139 Å². The fourth-order valence-corrected chi connectivity index (χ4v) is 2.86. The van der Waals surface area contributed by atoms with Crippen LogP contribution in [0.25, 0.3) is 0 Å². The minimum Gasteiger partial charge on any atom is -0.481 e. The highest BCUT2D eigenvalue weighted by molar-refractivity contribution is 5.98. The molecule has 1 saturated heterocycles. The molecule has 2 N–H and O–H groups in total. The fourth-order valence-electron chi connectivity index (χ4n) is 2.86. The van der Waals surface area contributed by atoms with Gasteiger partial charge in [-0.15, -0.1) is 0 Å². The van der Waals surface area contributed by atoms with E-state index in [0.29, 0.717) is 31.6 Å². The maximum Gasteiger partial charge on any atom is 0.308 e. The highest BCUT2D eigenvalue weighted by Crippen LogP contribution is 2.24. The monoisotopic (exact) mass is 336 g/mol. The normalized spacial score (nSPS) is 16.4. The molecule has 1 unspecified atom stereocenters. The van der Waals surface area contributed by atoms with Crippen LogP contribution in [0, 0.1) is 28.9 Å². The van der Waals surface area contributed by atoms with Crippen molar-refractivity contribution in [3.05, 3.63) is 39.4 Å². The van der Waals surface area contributed by atoms with Gasteiger partial charge < -0.3 is 15.2 Å². The summed E-state index contributed by atoms with van der Waals surface area (Å²) in [7, 11) is 0. The van der Waals surface area contributed by atoms with E-state index >= 15 is 0 Å². The van der Waals surface area contributed by atoms with Gasteiger partial charge in [0, 0.05) is 25.8 Å². The number of nitrogens with zero attached hydrogens (tertiary/aromatic N) is 1. The van der Waals surface area contributed by atoms with Gasteiger partial charge >= 0.3 is 5.97 Å². The predicted molar refractivity (Wildman–Crippen MR) is 84.8 cm³/mol. The van der Waals surface area contributed by atoms with Gasteiger partial charge in [0.1, 0.15) is 5.56 Å². The van der Waals surface area contributed by atoms with Crippen LogP contribution in [0.5, 0.6) is 0 Å². The minimum absolute atomic E-state index is 0.0592. The van der Waals surface area contributed by atoms with Gasteiger partial charge in [-0.2, -0.15) is 0 Å². The van der Waals surface area contributed by atoms with Crippen LogP contribution in [0.1, 0.15) is 28.8 Å². The number of benzene rings is 1. The summed E-state index contributed by atoms with van der Waals surface area (Å²) in [5, 5.41) is 23.0. The number of hydrogen-bond donors (Lipinski definition) is 2. The first-order chi connectivity index (χ1) is 11.4. The molecule has 1 aliphatic rings. The van der Waals surface area contributed by atoms with E-state index in [4.69, 9.17) is 4.74 Å². The first kappa shape index (κ1) is 17.9. The molecular weight excluding hydrogens is 316 g/mol. The molecule has 1 heterocycles. The number of carbonyl (C=O) groups excluding carboxylic acids is 1. The number of nitro groups is 1. The Kier molecular flexibility index (Phi) is 5.86. The van der Waals surface area contributed by atoms with Gasteiger partial charge in [-0.05, 0) is 37.3 Å². The molecule has 0 radical (unpaired) electrons. The van der Waals surface area contributed by atoms with Crippen molar-refractivity contribution in [3.8, 4) is 0 Å². The average Bonchev–Trinajstić information content (AvgIpc) is 2.55. The smallest absolute Gasteiger partial charge is 0.308 e. The lowest BCUT2D eigenvalue weighted by molar-refractivity contribution is -0.385. The summed E-state index contributed by atoms with van der Waals surface area (Å²) in [6.45, 7) is 2.67. The molecule has 0 aliphatic carbocycles. The van der Waals surface area contributed by atoms with E-state index in [1.165, 1.54) is 12.1 Å². The molecule has 8 nitrogen and oxygen atoms in total. The number of carboxylic acid groups (broad SMARTS) is 1. The predicted octanol–water partition coefficient (Wildman–Crippen LogP) is 1.76. The SMILES string of the molecule is Cc1ccc([N+](=O)[O-])c(C(=O)NCC(C(=O)O)C2CCOCC2)c1. The summed E-state index contributed by atoms with van der Waals surface area (Å²) >= 11 is 0. The summed E-state index contributed by atoms with van der Waals surface area (Å²) in [6, 6.07) is 4.26. The molecule has 1 aromatic carbocycles. The van der Waals surface area contributed by atoms with Gasteiger partial charge in [-0.1, -0.05) is 6.07 Å². The molecule has 1 aromatic rings. The highest BCUT2D eigenvalue weighted by atomic mass is 16.6. The van der Waals surface area contributed by atoms with Crippen molar-refractivity contribution in [3.63, 3.8) is 0 Å². The molecule has 0 aromatic heterocycles. The number of nitrogens with one attached hydrogen (secondary N) is 1. The highest BCUT2D eigenvalue weighted by Gasteiger charge is 2.30. The molecule has 1 amide bonds. The van der Waals surface area contributed by atoms with Crippen LogP contribution in [-0.4, -0.2) is 41.7 Å². The third-order valence-electron chi connectivity index (χ3n) is 4.23. The Bertz CT molecular complexity index is 639. The maximum atomic E-state index is 12.3. The number of ether oxygens (including phenoxy) is 1. The van der Waals surface area contributed by atoms with E-state index in [2.05, 4.69) is 5.32 Å². The van der Waals surface area contributed by atoms with Gasteiger partial charge in [0.25, 0.3) is 11.6 Å². The number of nitro benzene ring substituents is 1. The summed E-state index contributed by atoms with van der Waals surface area (Å²) in [6.07, 6.45) is 1.24. The Morgan fingerprint density at radius 1 is 1.42 bits per heavy atom. The molecule has 2 rings (SSSR count). The van der Waals surface area contributed by atoms with Crippen molar-refractivity contribution in [2.75, 3.05) is 19.8 Å². The fraction of sp³-hybridized carbons (Fsp3) is 0.500. The first-order valence-electron chi connectivity index (χ1n) is 7.74. The second-order valence-corrected chi connectivity index (χ2v) is 5.88. The molecule has 1 aliphatic heterocycles. The van der Waals surface area contributed by atoms with Crippen LogP contribution in [0.3, 0.4) is 0 Å². The largest absolute Gasteiger partial charge is 0.481 e. The number of aryl methyl sites for hydroxylation is 1. The lowest BCUT2D eigenvalue weighted by Gasteiger charge is -2.27. The average molecular weight is 336 g/mol. The van der Waals surface area contributed by atoms with E-state index in [9.17, 15) is 24.8 Å². The zero-order chi connectivity index (χ0) is 17.7. The summed E-state index contributed by atoms with van der Waals surface area (Å²) in [4.78, 5) is 34.2. The van der Waals surface area contributed by atoms with E-state index in [-0.39, 0.29) is 23.7 Å². The van der Waals surface area contributed by atoms with Gasteiger partial charge in [0.05, 0.1) is 10.8 Å². The lowest BCUT2D eigenvalue weighted by Crippen LogP contribution is -2.39. The third-order valence-corrected chi connectivity index (χ3v) is 4.23. The number of hydrogen-bond acceptors (Lipinski definition) is 5. The van der Waals surface area contributed by atoms with E-state index < -0.39 is 22.7 Å². The summed E-state index contributed by atoms with van der Waals surface area (Å²) in [5.41, 5.74) is 0.358. The van der Waals surface area contributed by atoms with Gasteiger partial charge in [-0.25, -0.2) is 0 Å². The number of carboxylic acids is 1. The van der Waals surface area contributed by atoms with Gasteiger partial charge in [0.15, 0.2) is 0 Å². The zero-order valence-electron chi connectivity index (χ0n) is 13.4. The Hall–Kier alpha value is -2.48. The van der Waals surface area contributed by atoms with Crippen molar-refractivity contribution >= 4 is 17.6 Å². The molecule has 24 heavy (non-hydrogen) atoms. The molecule has 8 heteroatoms. The van der Waals surface area contributed by atoms with Crippen LogP contribution in [-0.2, 0) is 9.53 Å². The Morgan fingerprint density at radius 3 is 2.67 bits per heavy atom. The molecule has 130 valence electrons. The Balaban J connectivity index is 2.09. The number of carbonyl (C=O) groups is 2. The second-order valence-electron chi connectivity index (χ2n) is 5.88. The van der Waals surface area contributed by atoms with Gasteiger partial charge in [0.2, 0.25) is 0 Å². The number of rotatable bonds is 6. The van der Waals surface area contributed by atoms with Crippen LogP contribution >= 0.6 is 0 Å². The molecule has 0 saturated carbocycles. The summed E-state index contributed by atoms with van der Waals surface area (Å²) < 4.78 is 5.22. The molecule has 0 bridgehead atoms. The van der Waals surface area contributed by atoms with Crippen molar-refractivity contribution in [1.82, 2.24) is 5.32 Å². The third kappa shape index (κ3) is 4.29. The number of aliphatic carboxylic acids is 1. The number of amides is 1. The molecule has 0 spiro atoms. The first-order valence-corrected chi connectivity index (χ1v) is 7.74. The van der Waals surface area contributed by atoms with Crippen molar-refractivity contribution in [1.29, 1.82) is 0 Å². The maximum absolute atomic E-state index is 12.3. The minimum atomic E-state index is -0.985. The van der Waals surface area contributed by atoms with Crippen LogP contribution < -0.4 is 5.32 Å². The molecule has 1 fully saturated rings. The standard InChI is InChI=1S/C16H20N2O6/c1-10-2-3-14(18(22)23)12(8-10)15(19)17-9-13(16(20)21)11-4-6-24-7-5-11/h2-3,8,11,13H,4-7,9H2,1H3,(H,17,19)(H,20,21).